The third-order valence-electron chi connectivity index (χ3n) is 2.73. The van der Waals surface area contributed by atoms with Crippen molar-refractivity contribution < 1.29 is 0 Å². The van der Waals surface area contributed by atoms with Crippen molar-refractivity contribution in [1.29, 1.82) is 0 Å². The standard InChI is InChI=1S/C11H22ClN3/c1-3-5-6-7-9-15-11(8-4-2)14(12)10-13-15/h10-11H,3-9H2,1-2H3. The fraction of sp³-hybridized carbons (Fsp3) is 0.909. The third-order valence-corrected chi connectivity index (χ3v) is 3.04. The second-order valence-corrected chi connectivity index (χ2v) is 4.46. The monoisotopic (exact) mass is 231 g/mol. The average Bonchev–Trinajstić information content (AvgIpc) is 2.57. The molecule has 88 valence electrons. The molecule has 1 aliphatic heterocycles. The van der Waals surface area contributed by atoms with Crippen LogP contribution in [-0.4, -0.2) is 28.5 Å². The number of hydrazone groups is 1. The first-order chi connectivity index (χ1) is 7.29. The maximum atomic E-state index is 6.03. The van der Waals surface area contributed by atoms with E-state index in [1.54, 1.807) is 10.8 Å². The van der Waals surface area contributed by atoms with Gasteiger partial charge in [-0.1, -0.05) is 39.5 Å². The quantitative estimate of drug-likeness (QED) is 0.494. The Morgan fingerprint density at radius 1 is 1.20 bits per heavy atom. The second-order valence-electron chi connectivity index (χ2n) is 4.07. The minimum absolute atomic E-state index is 0.276. The van der Waals surface area contributed by atoms with Crippen molar-refractivity contribution in [1.82, 2.24) is 9.43 Å². The van der Waals surface area contributed by atoms with Crippen molar-refractivity contribution in [2.24, 2.45) is 5.10 Å². The van der Waals surface area contributed by atoms with Gasteiger partial charge in [-0.25, -0.2) is 4.42 Å². The van der Waals surface area contributed by atoms with E-state index in [0.717, 1.165) is 19.4 Å². The highest BCUT2D eigenvalue weighted by Gasteiger charge is 2.25. The Hall–Kier alpha value is -0.440. The molecule has 15 heavy (non-hydrogen) atoms. The molecular weight excluding hydrogens is 210 g/mol. The molecule has 0 saturated heterocycles. The lowest BCUT2D eigenvalue weighted by molar-refractivity contribution is 0.161. The number of unbranched alkanes of at least 4 members (excludes halogenated alkanes) is 3. The highest BCUT2D eigenvalue weighted by atomic mass is 35.5. The van der Waals surface area contributed by atoms with E-state index < -0.39 is 0 Å². The van der Waals surface area contributed by atoms with Crippen LogP contribution < -0.4 is 0 Å². The summed E-state index contributed by atoms with van der Waals surface area (Å²) in [6, 6.07) is 0. The molecule has 1 rings (SSSR count). The van der Waals surface area contributed by atoms with Gasteiger partial charge >= 0.3 is 0 Å². The van der Waals surface area contributed by atoms with Crippen LogP contribution in [0.2, 0.25) is 0 Å². The van der Waals surface area contributed by atoms with Gasteiger partial charge in [0.2, 0.25) is 0 Å². The number of nitrogens with zero attached hydrogens (tertiary/aromatic N) is 3. The normalized spacial score (nSPS) is 20.3. The highest BCUT2D eigenvalue weighted by molar-refractivity contribution is 6.19. The van der Waals surface area contributed by atoms with E-state index >= 15 is 0 Å². The Morgan fingerprint density at radius 2 is 2.00 bits per heavy atom. The summed E-state index contributed by atoms with van der Waals surface area (Å²) in [7, 11) is 0. The lowest BCUT2D eigenvalue weighted by Crippen LogP contribution is -2.35. The first-order valence-corrected chi connectivity index (χ1v) is 6.38. The summed E-state index contributed by atoms with van der Waals surface area (Å²) in [4.78, 5) is 0. The largest absolute Gasteiger partial charge is 0.272 e. The first kappa shape index (κ1) is 12.6. The van der Waals surface area contributed by atoms with Crippen molar-refractivity contribution >= 4 is 18.1 Å². The van der Waals surface area contributed by atoms with Crippen LogP contribution in [0.15, 0.2) is 5.10 Å². The fourth-order valence-electron chi connectivity index (χ4n) is 1.83. The molecule has 4 heteroatoms. The van der Waals surface area contributed by atoms with E-state index in [2.05, 4.69) is 24.0 Å². The van der Waals surface area contributed by atoms with Gasteiger partial charge in [-0.15, -0.1) is 0 Å². The smallest absolute Gasteiger partial charge is 0.134 e. The minimum atomic E-state index is 0.276. The minimum Gasteiger partial charge on any atom is -0.272 e. The molecule has 1 aliphatic rings. The van der Waals surface area contributed by atoms with Gasteiger partial charge in [0.15, 0.2) is 0 Å². The van der Waals surface area contributed by atoms with Gasteiger partial charge in [0.25, 0.3) is 0 Å². The zero-order valence-electron chi connectivity index (χ0n) is 9.82. The van der Waals surface area contributed by atoms with Crippen molar-refractivity contribution in [3.05, 3.63) is 0 Å². The maximum Gasteiger partial charge on any atom is 0.134 e. The van der Waals surface area contributed by atoms with Crippen LogP contribution >= 0.6 is 11.8 Å². The van der Waals surface area contributed by atoms with Crippen LogP contribution in [-0.2, 0) is 0 Å². The van der Waals surface area contributed by atoms with E-state index in [1.165, 1.54) is 25.7 Å². The Bertz CT molecular complexity index is 196. The van der Waals surface area contributed by atoms with Crippen LogP contribution in [0.5, 0.6) is 0 Å². The van der Waals surface area contributed by atoms with Gasteiger partial charge in [-0.05, 0) is 12.8 Å². The second kappa shape index (κ2) is 6.94. The molecule has 3 nitrogen and oxygen atoms in total. The lowest BCUT2D eigenvalue weighted by Gasteiger charge is -2.26. The van der Waals surface area contributed by atoms with Crippen molar-refractivity contribution in [2.75, 3.05) is 6.54 Å². The van der Waals surface area contributed by atoms with Gasteiger partial charge in [0, 0.05) is 18.3 Å². The molecule has 0 bridgehead atoms. The molecule has 0 aromatic rings. The Balaban J connectivity index is 2.24. The number of rotatable bonds is 7. The molecule has 1 unspecified atom stereocenters. The molecule has 0 amide bonds. The Morgan fingerprint density at radius 3 is 2.67 bits per heavy atom. The summed E-state index contributed by atoms with van der Waals surface area (Å²) in [6.45, 7) is 5.44. The molecule has 1 heterocycles. The van der Waals surface area contributed by atoms with E-state index in [-0.39, 0.29) is 6.17 Å². The summed E-state index contributed by atoms with van der Waals surface area (Å²) in [6.07, 6.45) is 9.34. The molecule has 1 atom stereocenters. The number of hydrogen-bond donors (Lipinski definition) is 0. The summed E-state index contributed by atoms with van der Waals surface area (Å²) >= 11 is 6.03. The van der Waals surface area contributed by atoms with E-state index in [4.69, 9.17) is 11.8 Å². The molecule has 0 radical (unpaired) electrons. The van der Waals surface area contributed by atoms with E-state index in [9.17, 15) is 0 Å². The summed E-state index contributed by atoms with van der Waals surface area (Å²) in [5, 5.41) is 6.43. The van der Waals surface area contributed by atoms with E-state index in [1.807, 2.05) is 0 Å². The van der Waals surface area contributed by atoms with Gasteiger partial charge in [-0.3, -0.25) is 5.01 Å². The molecule has 0 aromatic heterocycles. The van der Waals surface area contributed by atoms with Crippen LogP contribution in [0.25, 0.3) is 0 Å². The SMILES string of the molecule is CCCCCCN1N=CN(Cl)C1CCC. The predicted molar refractivity (Wildman–Crippen MR) is 65.7 cm³/mol. The first-order valence-electron chi connectivity index (χ1n) is 6.04. The van der Waals surface area contributed by atoms with Crippen LogP contribution in [0.3, 0.4) is 0 Å². The zero-order valence-corrected chi connectivity index (χ0v) is 10.6. The van der Waals surface area contributed by atoms with Crippen molar-refractivity contribution in [3.8, 4) is 0 Å². The van der Waals surface area contributed by atoms with Crippen LogP contribution in [0, 0.1) is 0 Å². The molecule has 0 N–H and O–H groups in total. The predicted octanol–water partition coefficient (Wildman–Crippen LogP) is 3.41. The molecule has 0 aliphatic carbocycles. The number of hydrogen-bond acceptors (Lipinski definition) is 3. The van der Waals surface area contributed by atoms with Gasteiger partial charge < -0.3 is 0 Å². The van der Waals surface area contributed by atoms with Crippen molar-refractivity contribution in [3.63, 3.8) is 0 Å². The summed E-state index contributed by atoms with van der Waals surface area (Å²) in [5.74, 6) is 0. The summed E-state index contributed by atoms with van der Waals surface area (Å²) in [5.41, 5.74) is 0. The Kier molecular flexibility index (Phi) is 5.84. The number of halogens is 1. The third kappa shape index (κ3) is 3.90. The Labute approximate surface area is 98.2 Å². The molecule has 0 spiro atoms. The summed E-state index contributed by atoms with van der Waals surface area (Å²) < 4.78 is 1.70. The molecule has 0 aromatic carbocycles. The highest BCUT2D eigenvalue weighted by Crippen LogP contribution is 2.19. The van der Waals surface area contributed by atoms with Crippen LogP contribution in [0.4, 0.5) is 0 Å². The van der Waals surface area contributed by atoms with Gasteiger partial charge in [-0.2, -0.15) is 5.10 Å². The maximum absolute atomic E-state index is 6.03. The molecular formula is C11H22ClN3. The molecule has 0 saturated carbocycles. The van der Waals surface area contributed by atoms with Crippen LogP contribution in [0.1, 0.15) is 52.4 Å². The van der Waals surface area contributed by atoms with Gasteiger partial charge in [0.1, 0.15) is 12.5 Å². The molecule has 0 fully saturated rings. The van der Waals surface area contributed by atoms with E-state index in [0.29, 0.717) is 0 Å². The average molecular weight is 232 g/mol. The van der Waals surface area contributed by atoms with Gasteiger partial charge in [0.05, 0.1) is 0 Å². The fourth-order valence-corrected chi connectivity index (χ4v) is 2.07. The topological polar surface area (TPSA) is 18.8 Å². The van der Waals surface area contributed by atoms with Crippen molar-refractivity contribution in [2.45, 2.75) is 58.5 Å². The zero-order chi connectivity index (χ0) is 11.1. The lowest BCUT2D eigenvalue weighted by atomic mass is 10.2.